The fourth-order valence-electron chi connectivity index (χ4n) is 3.94. The third kappa shape index (κ3) is 3.16. The van der Waals surface area contributed by atoms with E-state index in [4.69, 9.17) is 16.0 Å². The molecule has 148 valence electrons. The SMILES string of the molecule is Cc1coc(C)c1C(=O)CC1(O)C(=O)N(Cc2ccccc2Cl)c2ccccc21. The summed E-state index contributed by atoms with van der Waals surface area (Å²) in [6.07, 6.45) is 1.14. The number of carbonyl (C=O) groups excluding carboxylic acids is 2. The van der Waals surface area contributed by atoms with Crippen molar-refractivity contribution in [3.8, 4) is 0 Å². The highest BCUT2D eigenvalue weighted by Crippen LogP contribution is 2.44. The van der Waals surface area contributed by atoms with Gasteiger partial charge >= 0.3 is 0 Å². The number of aliphatic hydroxyl groups is 1. The lowest BCUT2D eigenvalue weighted by molar-refractivity contribution is -0.136. The molecule has 1 atom stereocenters. The number of fused-ring (bicyclic) bond motifs is 1. The predicted molar refractivity (Wildman–Crippen MR) is 110 cm³/mol. The summed E-state index contributed by atoms with van der Waals surface area (Å²) in [5.41, 5.74) is 0.911. The van der Waals surface area contributed by atoms with E-state index in [-0.39, 0.29) is 18.7 Å². The van der Waals surface area contributed by atoms with Gasteiger partial charge in [-0.05, 0) is 37.1 Å². The summed E-state index contributed by atoms with van der Waals surface area (Å²) in [6.45, 7) is 3.66. The van der Waals surface area contributed by atoms with Crippen LogP contribution in [0.2, 0.25) is 5.02 Å². The lowest BCUT2D eigenvalue weighted by Crippen LogP contribution is -2.41. The number of hydrogen-bond acceptors (Lipinski definition) is 4. The zero-order valence-electron chi connectivity index (χ0n) is 16.1. The molecule has 1 N–H and O–H groups in total. The molecule has 2 heterocycles. The first-order chi connectivity index (χ1) is 13.8. The minimum atomic E-state index is -1.94. The number of para-hydroxylation sites is 1. The van der Waals surface area contributed by atoms with Crippen molar-refractivity contribution in [2.45, 2.75) is 32.4 Å². The van der Waals surface area contributed by atoms with Crippen LogP contribution >= 0.6 is 11.6 Å². The van der Waals surface area contributed by atoms with Gasteiger partial charge in [0.05, 0.1) is 30.5 Å². The number of benzene rings is 2. The second-order valence-electron chi connectivity index (χ2n) is 7.31. The number of aryl methyl sites for hydroxylation is 2. The number of amides is 1. The molecule has 0 spiro atoms. The zero-order chi connectivity index (χ0) is 20.8. The highest BCUT2D eigenvalue weighted by Gasteiger charge is 2.51. The lowest BCUT2D eigenvalue weighted by atomic mass is 9.87. The van der Waals surface area contributed by atoms with Crippen molar-refractivity contribution in [3.05, 3.63) is 87.8 Å². The Bertz CT molecular complexity index is 1100. The Kier molecular flexibility index (Phi) is 4.81. The van der Waals surface area contributed by atoms with Gasteiger partial charge in [-0.25, -0.2) is 0 Å². The first-order valence-corrected chi connectivity index (χ1v) is 9.66. The molecule has 1 aromatic heterocycles. The summed E-state index contributed by atoms with van der Waals surface area (Å²) < 4.78 is 5.31. The van der Waals surface area contributed by atoms with Crippen LogP contribution in [0.4, 0.5) is 5.69 Å². The van der Waals surface area contributed by atoms with Crippen LogP contribution in [0.25, 0.3) is 0 Å². The molecule has 2 aromatic carbocycles. The molecule has 3 aromatic rings. The quantitative estimate of drug-likeness (QED) is 0.627. The summed E-state index contributed by atoms with van der Waals surface area (Å²) in [7, 11) is 0. The number of ketones is 1. The van der Waals surface area contributed by atoms with Gasteiger partial charge in [0.1, 0.15) is 5.76 Å². The predicted octanol–water partition coefficient (Wildman–Crippen LogP) is 4.56. The molecule has 0 fully saturated rings. The average molecular weight is 410 g/mol. The molecule has 0 radical (unpaired) electrons. The number of halogens is 1. The Hall–Kier alpha value is -2.89. The average Bonchev–Trinajstić information content (AvgIpc) is 3.13. The summed E-state index contributed by atoms with van der Waals surface area (Å²) >= 11 is 6.27. The summed E-state index contributed by atoms with van der Waals surface area (Å²) in [4.78, 5) is 27.8. The Labute approximate surface area is 173 Å². The molecule has 0 bridgehead atoms. The van der Waals surface area contributed by atoms with Crippen molar-refractivity contribution < 1.29 is 19.1 Å². The molecule has 29 heavy (non-hydrogen) atoms. The van der Waals surface area contributed by atoms with Crippen molar-refractivity contribution in [2.75, 3.05) is 4.90 Å². The van der Waals surface area contributed by atoms with Gasteiger partial charge in [-0.1, -0.05) is 48.0 Å². The summed E-state index contributed by atoms with van der Waals surface area (Å²) in [5.74, 6) is -0.396. The van der Waals surface area contributed by atoms with Crippen LogP contribution < -0.4 is 4.90 Å². The Morgan fingerprint density at radius 3 is 2.52 bits per heavy atom. The van der Waals surface area contributed by atoms with E-state index in [2.05, 4.69) is 0 Å². The van der Waals surface area contributed by atoms with E-state index in [9.17, 15) is 14.7 Å². The van der Waals surface area contributed by atoms with Gasteiger partial charge in [0, 0.05) is 10.6 Å². The second kappa shape index (κ2) is 7.17. The van der Waals surface area contributed by atoms with Crippen molar-refractivity contribution in [2.24, 2.45) is 0 Å². The maximum absolute atomic E-state index is 13.3. The number of rotatable bonds is 5. The first kappa shape index (κ1) is 19.4. The molecule has 1 aliphatic heterocycles. The van der Waals surface area contributed by atoms with Crippen LogP contribution in [0.5, 0.6) is 0 Å². The van der Waals surface area contributed by atoms with E-state index in [1.54, 1.807) is 44.2 Å². The van der Waals surface area contributed by atoms with Gasteiger partial charge < -0.3 is 14.4 Å². The van der Waals surface area contributed by atoms with Gasteiger partial charge in [0.25, 0.3) is 5.91 Å². The molecule has 1 unspecified atom stereocenters. The van der Waals surface area contributed by atoms with Gasteiger partial charge in [-0.2, -0.15) is 0 Å². The van der Waals surface area contributed by atoms with E-state index in [0.29, 0.717) is 33.2 Å². The highest BCUT2D eigenvalue weighted by atomic mass is 35.5. The minimum Gasteiger partial charge on any atom is -0.469 e. The Morgan fingerprint density at radius 2 is 1.83 bits per heavy atom. The van der Waals surface area contributed by atoms with Crippen molar-refractivity contribution in [3.63, 3.8) is 0 Å². The molecular formula is C23H20ClNO4. The van der Waals surface area contributed by atoms with Crippen molar-refractivity contribution in [1.29, 1.82) is 0 Å². The van der Waals surface area contributed by atoms with Crippen LogP contribution in [-0.4, -0.2) is 16.8 Å². The minimum absolute atomic E-state index is 0.204. The topological polar surface area (TPSA) is 70.7 Å². The second-order valence-corrected chi connectivity index (χ2v) is 7.72. The fourth-order valence-corrected chi connectivity index (χ4v) is 4.14. The van der Waals surface area contributed by atoms with Gasteiger partial charge in [0.15, 0.2) is 11.4 Å². The van der Waals surface area contributed by atoms with Gasteiger partial charge in [-0.3, -0.25) is 9.59 Å². The van der Waals surface area contributed by atoms with Gasteiger partial charge in [-0.15, -0.1) is 0 Å². The van der Waals surface area contributed by atoms with E-state index in [1.165, 1.54) is 11.2 Å². The van der Waals surface area contributed by atoms with Crippen molar-refractivity contribution >= 4 is 29.0 Å². The highest BCUT2D eigenvalue weighted by molar-refractivity contribution is 6.31. The maximum atomic E-state index is 13.3. The standard InChI is InChI=1S/C23H20ClNO4/c1-14-13-29-15(2)21(14)20(26)11-23(28)17-8-4-6-10-19(17)25(22(23)27)12-16-7-3-5-9-18(16)24/h3-10,13,28H,11-12H2,1-2H3. The number of anilines is 1. The molecule has 0 aliphatic carbocycles. The number of Topliss-reactive ketones (excluding diaryl/α,β-unsaturated/α-hetero) is 1. The third-order valence-corrected chi connectivity index (χ3v) is 5.75. The van der Waals surface area contributed by atoms with Crippen LogP contribution in [0, 0.1) is 13.8 Å². The molecule has 4 rings (SSSR count). The molecule has 1 aliphatic rings. The molecule has 6 heteroatoms. The first-order valence-electron chi connectivity index (χ1n) is 9.28. The summed E-state index contributed by atoms with van der Waals surface area (Å²) in [6, 6.07) is 14.2. The number of nitrogens with zero attached hydrogens (tertiary/aromatic N) is 1. The molecular weight excluding hydrogens is 390 g/mol. The van der Waals surface area contributed by atoms with E-state index in [1.807, 2.05) is 18.2 Å². The maximum Gasteiger partial charge on any atom is 0.264 e. The van der Waals surface area contributed by atoms with Crippen LogP contribution in [0.1, 0.15) is 39.2 Å². The lowest BCUT2D eigenvalue weighted by Gasteiger charge is -2.23. The number of hydrogen-bond donors (Lipinski definition) is 1. The molecule has 1 amide bonds. The van der Waals surface area contributed by atoms with Crippen LogP contribution in [0.15, 0.2) is 59.2 Å². The molecule has 5 nitrogen and oxygen atoms in total. The van der Waals surface area contributed by atoms with Crippen LogP contribution in [-0.2, 0) is 16.9 Å². The monoisotopic (exact) mass is 409 g/mol. The fraction of sp³-hybridized carbons (Fsp3) is 0.217. The molecule has 0 saturated heterocycles. The van der Waals surface area contributed by atoms with Crippen LogP contribution in [0.3, 0.4) is 0 Å². The molecule has 0 saturated carbocycles. The number of furan rings is 1. The van der Waals surface area contributed by atoms with Gasteiger partial charge in [0.2, 0.25) is 0 Å². The Balaban J connectivity index is 1.72. The Morgan fingerprint density at radius 1 is 1.14 bits per heavy atom. The normalized spacial score (nSPS) is 18.2. The number of carbonyl (C=O) groups is 2. The van der Waals surface area contributed by atoms with E-state index >= 15 is 0 Å². The van der Waals surface area contributed by atoms with Crippen molar-refractivity contribution in [1.82, 2.24) is 0 Å². The zero-order valence-corrected chi connectivity index (χ0v) is 16.9. The smallest absolute Gasteiger partial charge is 0.264 e. The van der Waals surface area contributed by atoms with E-state index < -0.39 is 11.5 Å². The van der Waals surface area contributed by atoms with E-state index in [0.717, 1.165) is 5.56 Å². The largest absolute Gasteiger partial charge is 0.469 e. The summed E-state index contributed by atoms with van der Waals surface area (Å²) in [5, 5.41) is 11.9. The third-order valence-electron chi connectivity index (χ3n) is 5.38.